The number of nitrogen functional groups attached to an aromatic ring is 1. The van der Waals surface area contributed by atoms with Gasteiger partial charge in [-0.2, -0.15) is 4.98 Å². The van der Waals surface area contributed by atoms with Crippen LogP contribution in [0.2, 0.25) is 0 Å². The van der Waals surface area contributed by atoms with Crippen LogP contribution >= 0.6 is 0 Å². The van der Waals surface area contributed by atoms with E-state index in [1.54, 1.807) is 6.20 Å². The van der Waals surface area contributed by atoms with Gasteiger partial charge >= 0.3 is 0 Å². The Hall–Kier alpha value is -1.36. The Labute approximate surface area is 89.7 Å². The molecule has 1 aromatic heterocycles. The van der Waals surface area contributed by atoms with Crippen molar-refractivity contribution in [3.05, 3.63) is 12.3 Å². The lowest BCUT2D eigenvalue weighted by Crippen LogP contribution is -2.59. The Bertz CT molecular complexity index is 332. The molecule has 0 atom stereocenters. The smallest absolute Gasteiger partial charge is 0.221 e. The molecule has 1 aromatic rings. The molecule has 3 N–H and O–H groups in total. The molecular formula is C10H17N5. The fourth-order valence-corrected chi connectivity index (χ4v) is 1.78. The molecule has 0 saturated carbocycles. The molecular weight excluding hydrogens is 190 g/mol. The van der Waals surface area contributed by atoms with E-state index in [0.29, 0.717) is 18.0 Å². The normalized spacial score (nSPS) is 16.9. The highest BCUT2D eigenvalue weighted by Gasteiger charge is 2.27. The zero-order chi connectivity index (χ0) is 10.8. The van der Waals surface area contributed by atoms with Crippen LogP contribution in [0.15, 0.2) is 12.3 Å². The molecule has 0 aromatic carbocycles. The SMILES string of the molecule is CC(C)NC1CN(c2ccnc(N)n2)C1. The minimum atomic E-state index is 0.341. The van der Waals surface area contributed by atoms with Crippen molar-refractivity contribution in [2.45, 2.75) is 25.9 Å². The minimum Gasteiger partial charge on any atom is -0.368 e. The lowest BCUT2D eigenvalue weighted by Gasteiger charge is -2.41. The number of aromatic nitrogens is 2. The minimum absolute atomic E-state index is 0.341. The first-order valence-corrected chi connectivity index (χ1v) is 5.24. The third kappa shape index (κ3) is 2.36. The zero-order valence-corrected chi connectivity index (χ0v) is 9.14. The molecule has 0 aliphatic carbocycles. The van der Waals surface area contributed by atoms with Gasteiger partial charge in [-0.15, -0.1) is 0 Å². The van der Waals surface area contributed by atoms with Gasteiger partial charge in [0.15, 0.2) is 0 Å². The van der Waals surface area contributed by atoms with Crippen molar-refractivity contribution < 1.29 is 0 Å². The number of anilines is 2. The molecule has 0 bridgehead atoms. The maximum Gasteiger partial charge on any atom is 0.221 e. The fourth-order valence-electron chi connectivity index (χ4n) is 1.78. The van der Waals surface area contributed by atoms with Crippen LogP contribution in [0, 0.1) is 0 Å². The van der Waals surface area contributed by atoms with Crippen LogP contribution < -0.4 is 16.0 Å². The van der Waals surface area contributed by atoms with Gasteiger partial charge in [-0.3, -0.25) is 0 Å². The van der Waals surface area contributed by atoms with Crippen molar-refractivity contribution >= 4 is 11.8 Å². The first kappa shape index (κ1) is 10.2. The lowest BCUT2D eigenvalue weighted by molar-refractivity contribution is 0.387. The Morgan fingerprint density at radius 1 is 1.53 bits per heavy atom. The van der Waals surface area contributed by atoms with Crippen LogP contribution in [0.4, 0.5) is 11.8 Å². The molecule has 5 heteroatoms. The standard InChI is InChI=1S/C10H17N5/c1-7(2)13-8-5-15(6-8)9-3-4-12-10(11)14-9/h3-4,7-8,13H,5-6H2,1-2H3,(H2,11,12,14). The predicted molar refractivity (Wildman–Crippen MR) is 60.7 cm³/mol. The largest absolute Gasteiger partial charge is 0.368 e. The molecule has 0 unspecified atom stereocenters. The molecule has 5 nitrogen and oxygen atoms in total. The summed E-state index contributed by atoms with van der Waals surface area (Å²) in [7, 11) is 0. The average Bonchev–Trinajstić information content (AvgIpc) is 2.10. The maximum absolute atomic E-state index is 5.53. The number of rotatable bonds is 3. The van der Waals surface area contributed by atoms with Crippen LogP contribution in [0.25, 0.3) is 0 Å². The second-order valence-electron chi connectivity index (χ2n) is 4.20. The van der Waals surface area contributed by atoms with Gasteiger partial charge in [-0.05, 0) is 6.07 Å². The Morgan fingerprint density at radius 3 is 2.87 bits per heavy atom. The maximum atomic E-state index is 5.53. The zero-order valence-electron chi connectivity index (χ0n) is 9.14. The van der Waals surface area contributed by atoms with E-state index in [1.165, 1.54) is 0 Å². The number of nitrogens with two attached hydrogens (primary N) is 1. The number of nitrogens with one attached hydrogen (secondary N) is 1. The summed E-state index contributed by atoms with van der Waals surface area (Å²) in [6.45, 7) is 6.31. The highest BCUT2D eigenvalue weighted by atomic mass is 15.3. The molecule has 0 radical (unpaired) electrons. The molecule has 2 rings (SSSR count). The summed E-state index contributed by atoms with van der Waals surface area (Å²) in [5, 5.41) is 3.48. The second kappa shape index (κ2) is 4.02. The van der Waals surface area contributed by atoms with Gasteiger partial charge in [0, 0.05) is 31.4 Å². The molecule has 0 spiro atoms. The van der Waals surface area contributed by atoms with Gasteiger partial charge in [0.2, 0.25) is 5.95 Å². The summed E-state index contributed by atoms with van der Waals surface area (Å²) in [5.74, 6) is 1.26. The van der Waals surface area contributed by atoms with E-state index < -0.39 is 0 Å². The van der Waals surface area contributed by atoms with E-state index in [4.69, 9.17) is 5.73 Å². The molecule has 2 heterocycles. The summed E-state index contributed by atoms with van der Waals surface area (Å²) >= 11 is 0. The van der Waals surface area contributed by atoms with Crippen LogP contribution in [0.5, 0.6) is 0 Å². The predicted octanol–water partition coefficient (Wildman–Crippen LogP) is 0.245. The summed E-state index contributed by atoms with van der Waals surface area (Å²) in [6.07, 6.45) is 1.70. The number of hydrogen-bond donors (Lipinski definition) is 2. The van der Waals surface area contributed by atoms with Gasteiger partial charge in [0.05, 0.1) is 0 Å². The van der Waals surface area contributed by atoms with Gasteiger partial charge < -0.3 is 16.0 Å². The molecule has 82 valence electrons. The second-order valence-corrected chi connectivity index (χ2v) is 4.20. The van der Waals surface area contributed by atoms with Crippen molar-refractivity contribution in [3.63, 3.8) is 0 Å². The van der Waals surface area contributed by atoms with Crippen molar-refractivity contribution in [3.8, 4) is 0 Å². The highest BCUT2D eigenvalue weighted by Crippen LogP contribution is 2.18. The van der Waals surface area contributed by atoms with Crippen molar-refractivity contribution in [2.75, 3.05) is 23.7 Å². The monoisotopic (exact) mass is 207 g/mol. The molecule has 15 heavy (non-hydrogen) atoms. The average molecular weight is 207 g/mol. The van der Waals surface area contributed by atoms with Crippen molar-refractivity contribution in [1.29, 1.82) is 0 Å². The van der Waals surface area contributed by atoms with E-state index in [0.717, 1.165) is 18.9 Å². The van der Waals surface area contributed by atoms with Crippen LogP contribution in [0.3, 0.4) is 0 Å². The highest BCUT2D eigenvalue weighted by molar-refractivity contribution is 5.44. The van der Waals surface area contributed by atoms with Gasteiger partial charge in [0.25, 0.3) is 0 Å². The number of hydrogen-bond acceptors (Lipinski definition) is 5. The molecule has 1 aliphatic heterocycles. The van der Waals surface area contributed by atoms with E-state index >= 15 is 0 Å². The van der Waals surface area contributed by atoms with E-state index in [9.17, 15) is 0 Å². The first-order chi connectivity index (χ1) is 7.15. The third-order valence-corrected chi connectivity index (χ3v) is 2.43. The summed E-state index contributed by atoms with van der Waals surface area (Å²) in [6, 6.07) is 3.00. The van der Waals surface area contributed by atoms with E-state index in [-0.39, 0.29) is 0 Å². The van der Waals surface area contributed by atoms with Crippen LogP contribution in [0.1, 0.15) is 13.8 Å². The molecule has 1 saturated heterocycles. The Balaban J connectivity index is 1.89. The van der Waals surface area contributed by atoms with Gasteiger partial charge in [-0.1, -0.05) is 13.8 Å². The lowest BCUT2D eigenvalue weighted by atomic mass is 10.1. The van der Waals surface area contributed by atoms with E-state index in [2.05, 4.69) is 34.0 Å². The number of nitrogens with zero attached hydrogens (tertiary/aromatic N) is 3. The first-order valence-electron chi connectivity index (χ1n) is 5.24. The van der Waals surface area contributed by atoms with E-state index in [1.807, 2.05) is 6.07 Å². The molecule has 0 amide bonds. The summed E-state index contributed by atoms with van der Waals surface area (Å²) in [4.78, 5) is 10.2. The third-order valence-electron chi connectivity index (χ3n) is 2.43. The Kier molecular flexibility index (Phi) is 2.73. The van der Waals surface area contributed by atoms with Crippen LogP contribution in [-0.2, 0) is 0 Å². The van der Waals surface area contributed by atoms with Crippen LogP contribution in [-0.4, -0.2) is 35.1 Å². The quantitative estimate of drug-likeness (QED) is 0.743. The Morgan fingerprint density at radius 2 is 2.27 bits per heavy atom. The van der Waals surface area contributed by atoms with Gasteiger partial charge in [-0.25, -0.2) is 4.98 Å². The topological polar surface area (TPSA) is 67.1 Å². The molecule has 1 aliphatic rings. The summed E-state index contributed by atoms with van der Waals surface area (Å²) < 4.78 is 0. The fraction of sp³-hybridized carbons (Fsp3) is 0.600. The van der Waals surface area contributed by atoms with Crippen molar-refractivity contribution in [1.82, 2.24) is 15.3 Å². The van der Waals surface area contributed by atoms with Gasteiger partial charge in [0.1, 0.15) is 5.82 Å². The van der Waals surface area contributed by atoms with Crippen molar-refractivity contribution in [2.24, 2.45) is 0 Å². The molecule has 1 fully saturated rings. The summed E-state index contributed by atoms with van der Waals surface area (Å²) in [5.41, 5.74) is 5.53.